The Hall–Kier alpha value is -1.20. The van der Waals surface area contributed by atoms with E-state index in [1.807, 2.05) is 0 Å². The summed E-state index contributed by atoms with van der Waals surface area (Å²) >= 11 is 0. The molecule has 0 fully saturated rings. The van der Waals surface area contributed by atoms with E-state index in [4.69, 9.17) is 5.73 Å². The number of nitrogens with two attached hydrogens (primary N) is 1. The minimum Gasteiger partial charge on any atom is -0.330 e. The summed E-state index contributed by atoms with van der Waals surface area (Å²) in [5.41, 5.74) is 6.40. The zero-order chi connectivity index (χ0) is 11.1. The molecule has 1 aliphatic heterocycles. The van der Waals surface area contributed by atoms with Gasteiger partial charge >= 0.3 is 0 Å². The molecule has 0 bridgehead atoms. The van der Waals surface area contributed by atoms with Crippen LogP contribution in [0.4, 0.5) is 4.39 Å². The molecule has 1 aromatic carbocycles. The van der Waals surface area contributed by atoms with Crippen LogP contribution in [0.1, 0.15) is 12.0 Å². The minimum atomic E-state index is -3.38. The van der Waals surface area contributed by atoms with Crippen molar-refractivity contribution in [2.45, 2.75) is 11.3 Å². The maximum absolute atomic E-state index is 13.0. The van der Waals surface area contributed by atoms with E-state index in [1.54, 1.807) is 0 Å². The SMILES string of the molecule is NCCC1=CS(=O)(=O)c2ccc(F)cc21. The molecule has 0 atom stereocenters. The van der Waals surface area contributed by atoms with Gasteiger partial charge in [-0.05, 0) is 36.7 Å². The molecule has 80 valence electrons. The van der Waals surface area contributed by atoms with Crippen LogP contribution in [0.5, 0.6) is 0 Å². The van der Waals surface area contributed by atoms with Crippen LogP contribution >= 0.6 is 0 Å². The Labute approximate surface area is 87.3 Å². The lowest BCUT2D eigenvalue weighted by atomic mass is 10.1. The highest BCUT2D eigenvalue weighted by molar-refractivity contribution is 7.95. The number of sulfone groups is 1. The zero-order valence-electron chi connectivity index (χ0n) is 7.90. The summed E-state index contributed by atoms with van der Waals surface area (Å²) < 4.78 is 36.2. The van der Waals surface area contributed by atoms with Crippen molar-refractivity contribution in [3.05, 3.63) is 35.0 Å². The molecular formula is C10H10FNO2S. The lowest BCUT2D eigenvalue weighted by Gasteiger charge is -2.02. The summed E-state index contributed by atoms with van der Waals surface area (Å²) in [6, 6.07) is 3.68. The van der Waals surface area contributed by atoms with Gasteiger partial charge in [-0.15, -0.1) is 0 Å². The molecular weight excluding hydrogens is 217 g/mol. The maximum Gasteiger partial charge on any atom is 0.200 e. The molecule has 0 saturated carbocycles. The predicted octanol–water partition coefficient (Wildman–Crippen LogP) is 1.30. The summed E-state index contributed by atoms with van der Waals surface area (Å²) in [5.74, 6) is -0.436. The van der Waals surface area contributed by atoms with Gasteiger partial charge in [-0.25, -0.2) is 12.8 Å². The Bertz CT molecular complexity index is 534. The van der Waals surface area contributed by atoms with Gasteiger partial charge in [0.2, 0.25) is 9.84 Å². The molecule has 0 radical (unpaired) electrons. The van der Waals surface area contributed by atoms with E-state index in [-0.39, 0.29) is 4.90 Å². The first kappa shape index (κ1) is 10.3. The highest BCUT2D eigenvalue weighted by Crippen LogP contribution is 2.35. The van der Waals surface area contributed by atoms with E-state index in [1.165, 1.54) is 17.5 Å². The predicted molar refractivity (Wildman–Crippen MR) is 55.2 cm³/mol. The van der Waals surface area contributed by atoms with Crippen molar-refractivity contribution < 1.29 is 12.8 Å². The molecule has 15 heavy (non-hydrogen) atoms. The number of benzene rings is 1. The molecule has 0 unspecified atom stereocenters. The van der Waals surface area contributed by atoms with Gasteiger partial charge in [-0.3, -0.25) is 0 Å². The van der Waals surface area contributed by atoms with Crippen molar-refractivity contribution in [1.82, 2.24) is 0 Å². The molecule has 0 aliphatic carbocycles. The van der Waals surface area contributed by atoms with E-state index in [9.17, 15) is 12.8 Å². The molecule has 1 heterocycles. The maximum atomic E-state index is 13.0. The van der Waals surface area contributed by atoms with E-state index < -0.39 is 15.7 Å². The number of fused-ring (bicyclic) bond motifs is 1. The Morgan fingerprint density at radius 1 is 1.33 bits per heavy atom. The van der Waals surface area contributed by atoms with Crippen LogP contribution in [0.25, 0.3) is 5.57 Å². The number of halogens is 1. The van der Waals surface area contributed by atoms with Gasteiger partial charge in [0.25, 0.3) is 0 Å². The van der Waals surface area contributed by atoms with Crippen LogP contribution in [-0.2, 0) is 9.84 Å². The van der Waals surface area contributed by atoms with Gasteiger partial charge < -0.3 is 5.73 Å². The van der Waals surface area contributed by atoms with E-state index >= 15 is 0 Å². The molecule has 3 nitrogen and oxygen atoms in total. The lowest BCUT2D eigenvalue weighted by Crippen LogP contribution is -1.99. The highest BCUT2D eigenvalue weighted by atomic mass is 32.2. The van der Waals surface area contributed by atoms with E-state index in [0.717, 1.165) is 6.07 Å². The largest absolute Gasteiger partial charge is 0.330 e. The molecule has 0 amide bonds. The monoisotopic (exact) mass is 227 g/mol. The Morgan fingerprint density at radius 2 is 2.07 bits per heavy atom. The number of hydrogen-bond donors (Lipinski definition) is 1. The molecule has 0 spiro atoms. The third kappa shape index (κ3) is 1.68. The first-order valence-corrected chi connectivity index (χ1v) is 6.05. The van der Waals surface area contributed by atoms with Gasteiger partial charge in [0, 0.05) is 11.0 Å². The average molecular weight is 227 g/mol. The first-order chi connectivity index (χ1) is 7.04. The fraction of sp³-hybridized carbons (Fsp3) is 0.200. The molecule has 1 aliphatic rings. The lowest BCUT2D eigenvalue weighted by molar-refractivity contribution is 0.604. The van der Waals surface area contributed by atoms with E-state index in [2.05, 4.69) is 0 Å². The van der Waals surface area contributed by atoms with Gasteiger partial charge in [0.05, 0.1) is 4.90 Å². The molecule has 5 heteroatoms. The van der Waals surface area contributed by atoms with Crippen molar-refractivity contribution in [2.75, 3.05) is 6.54 Å². The Morgan fingerprint density at radius 3 is 2.73 bits per heavy atom. The third-order valence-electron chi connectivity index (χ3n) is 2.31. The first-order valence-electron chi connectivity index (χ1n) is 4.50. The van der Waals surface area contributed by atoms with E-state index in [0.29, 0.717) is 24.1 Å². The van der Waals surface area contributed by atoms with Gasteiger partial charge in [-0.2, -0.15) is 0 Å². The van der Waals surface area contributed by atoms with Gasteiger partial charge in [-0.1, -0.05) is 0 Å². The van der Waals surface area contributed by atoms with Crippen molar-refractivity contribution in [1.29, 1.82) is 0 Å². The summed E-state index contributed by atoms with van der Waals surface area (Å²) in [4.78, 5) is 0.173. The third-order valence-corrected chi connectivity index (χ3v) is 3.87. The Balaban J connectivity index is 2.63. The van der Waals surface area contributed by atoms with Crippen LogP contribution in [0.3, 0.4) is 0 Å². The molecule has 0 aromatic heterocycles. The number of rotatable bonds is 2. The molecule has 0 saturated heterocycles. The van der Waals surface area contributed by atoms with Crippen LogP contribution < -0.4 is 5.73 Å². The smallest absolute Gasteiger partial charge is 0.200 e. The van der Waals surface area contributed by atoms with Crippen molar-refractivity contribution in [3.63, 3.8) is 0 Å². The summed E-state index contributed by atoms with van der Waals surface area (Å²) in [6.45, 7) is 0.345. The van der Waals surface area contributed by atoms with Crippen LogP contribution in [0.15, 0.2) is 28.5 Å². The quantitative estimate of drug-likeness (QED) is 0.775. The Kier molecular flexibility index (Phi) is 2.36. The standard InChI is InChI=1S/C10H10FNO2S/c11-8-1-2-10-9(5-8)7(3-4-12)6-15(10,13)14/h1-2,5-6H,3-4,12H2. The van der Waals surface area contributed by atoms with Crippen LogP contribution in [-0.4, -0.2) is 15.0 Å². The zero-order valence-corrected chi connectivity index (χ0v) is 8.72. The van der Waals surface area contributed by atoms with Crippen LogP contribution in [0.2, 0.25) is 0 Å². The second-order valence-corrected chi connectivity index (χ2v) is 5.13. The second-order valence-electron chi connectivity index (χ2n) is 3.37. The summed E-state index contributed by atoms with van der Waals surface area (Å²) in [7, 11) is -3.38. The topological polar surface area (TPSA) is 60.2 Å². The number of hydrogen-bond acceptors (Lipinski definition) is 3. The fourth-order valence-corrected chi connectivity index (χ4v) is 3.17. The fourth-order valence-electron chi connectivity index (χ4n) is 1.66. The van der Waals surface area contributed by atoms with Gasteiger partial charge in [0.1, 0.15) is 5.82 Å². The summed E-state index contributed by atoms with van der Waals surface area (Å²) in [5, 5.41) is 1.17. The van der Waals surface area contributed by atoms with Crippen molar-refractivity contribution in [2.24, 2.45) is 5.73 Å². The van der Waals surface area contributed by atoms with Gasteiger partial charge in [0.15, 0.2) is 0 Å². The van der Waals surface area contributed by atoms with Crippen LogP contribution in [0, 0.1) is 5.82 Å². The highest BCUT2D eigenvalue weighted by Gasteiger charge is 2.26. The average Bonchev–Trinajstić information content (AvgIpc) is 2.39. The molecule has 1 aromatic rings. The van der Waals surface area contributed by atoms with Crippen molar-refractivity contribution in [3.8, 4) is 0 Å². The normalized spacial score (nSPS) is 17.3. The minimum absolute atomic E-state index is 0.173. The second kappa shape index (κ2) is 3.43. The molecule has 2 rings (SSSR count). The summed E-state index contributed by atoms with van der Waals surface area (Å²) in [6.07, 6.45) is 0.440. The van der Waals surface area contributed by atoms with Crippen molar-refractivity contribution >= 4 is 15.4 Å². The molecule has 2 N–H and O–H groups in total.